The van der Waals surface area contributed by atoms with Gasteiger partial charge in [-0.05, 0) is 0 Å². The van der Waals surface area contributed by atoms with Gasteiger partial charge in [-0.15, -0.1) is 0 Å². The van der Waals surface area contributed by atoms with E-state index in [2.05, 4.69) is 9.47 Å². The van der Waals surface area contributed by atoms with Crippen LogP contribution in [0.25, 0.3) is 0 Å². The highest BCUT2D eigenvalue weighted by Gasteiger charge is 2.43. The van der Waals surface area contributed by atoms with Crippen molar-refractivity contribution in [1.29, 1.82) is 0 Å². The smallest absolute Gasteiger partial charge is 0.457 e. The summed E-state index contributed by atoms with van der Waals surface area (Å²) in [7, 11) is -2.67. The van der Waals surface area contributed by atoms with E-state index in [-0.39, 0.29) is 13.2 Å². The lowest BCUT2D eigenvalue weighted by Crippen LogP contribution is -2.39. The van der Waals surface area contributed by atoms with Gasteiger partial charge < -0.3 is 18.9 Å². The highest BCUT2D eigenvalue weighted by molar-refractivity contribution is 7.86. The summed E-state index contributed by atoms with van der Waals surface area (Å²) < 4.78 is 46.3. The van der Waals surface area contributed by atoms with Crippen LogP contribution < -0.4 is 0 Å². The minimum atomic E-state index is -3.80. The first-order chi connectivity index (χ1) is 9.23. The first kappa shape index (κ1) is 16.7. The number of carbonyl (C=O) groups excluding carboxylic acids is 2. The second kappa shape index (κ2) is 6.86. The summed E-state index contributed by atoms with van der Waals surface area (Å²) in [6.07, 6.45) is -2.95. The molecule has 3 atom stereocenters. The lowest BCUT2D eigenvalue weighted by Gasteiger charge is -2.21. The van der Waals surface area contributed by atoms with Crippen LogP contribution >= 0.6 is 0 Å². The number of rotatable bonds is 5. The molecule has 1 aliphatic heterocycles. The molecular formula is C10H16O9S. The fraction of sp³-hybridized carbons (Fsp3) is 0.800. The van der Waals surface area contributed by atoms with Crippen LogP contribution in [0.2, 0.25) is 0 Å². The lowest BCUT2D eigenvalue weighted by atomic mass is 10.1. The zero-order valence-corrected chi connectivity index (χ0v) is 12.0. The molecule has 1 fully saturated rings. The second-order valence-corrected chi connectivity index (χ2v) is 5.65. The minimum absolute atomic E-state index is 0.0605. The number of carbonyl (C=O) groups is 2. The SMILES string of the molecule is COC(=O)OC[C@H]1OC[C@H](OC(C)=O)[C@H]1OS(C)(=O)=O. The third kappa shape index (κ3) is 5.31. The Morgan fingerprint density at radius 1 is 1.35 bits per heavy atom. The van der Waals surface area contributed by atoms with Gasteiger partial charge in [0.15, 0.2) is 6.10 Å². The number of hydrogen-bond donors (Lipinski definition) is 0. The van der Waals surface area contributed by atoms with Gasteiger partial charge in [0.05, 0.1) is 20.0 Å². The Morgan fingerprint density at radius 3 is 2.50 bits per heavy atom. The molecular weight excluding hydrogens is 296 g/mol. The van der Waals surface area contributed by atoms with Crippen LogP contribution in [0.1, 0.15) is 6.92 Å². The Balaban J connectivity index is 2.72. The molecule has 0 N–H and O–H groups in total. The van der Waals surface area contributed by atoms with E-state index in [0.717, 1.165) is 13.4 Å². The molecule has 0 aromatic carbocycles. The summed E-state index contributed by atoms with van der Waals surface area (Å²) in [4.78, 5) is 21.8. The molecule has 0 spiro atoms. The molecule has 1 aliphatic rings. The van der Waals surface area contributed by atoms with Gasteiger partial charge >= 0.3 is 12.1 Å². The molecule has 0 amide bonds. The molecule has 10 heteroatoms. The van der Waals surface area contributed by atoms with Crippen molar-refractivity contribution in [2.45, 2.75) is 25.2 Å². The molecule has 0 radical (unpaired) electrons. The normalized spacial score (nSPS) is 26.1. The Hall–Kier alpha value is -1.39. The average molecular weight is 312 g/mol. The summed E-state index contributed by atoms with van der Waals surface area (Å²) in [5.74, 6) is -0.602. The van der Waals surface area contributed by atoms with Gasteiger partial charge in [0.1, 0.15) is 18.8 Å². The largest absolute Gasteiger partial charge is 0.508 e. The summed E-state index contributed by atoms with van der Waals surface area (Å²) in [5, 5.41) is 0. The van der Waals surface area contributed by atoms with Gasteiger partial charge in [0.2, 0.25) is 0 Å². The lowest BCUT2D eigenvalue weighted by molar-refractivity contribution is -0.149. The van der Waals surface area contributed by atoms with Crippen molar-refractivity contribution in [3.8, 4) is 0 Å². The standard InChI is InChI=1S/C10H16O9S/c1-6(11)18-8-5-16-7(4-17-10(12)15-2)9(8)19-20(3,13)14/h7-9H,4-5H2,1-3H3/t7-,8+,9+/m1/s1. The van der Waals surface area contributed by atoms with Crippen LogP contribution in [-0.4, -0.2) is 65.4 Å². The zero-order chi connectivity index (χ0) is 15.3. The van der Waals surface area contributed by atoms with Crippen molar-refractivity contribution >= 4 is 22.2 Å². The first-order valence-corrected chi connectivity index (χ1v) is 7.42. The molecule has 1 heterocycles. The maximum absolute atomic E-state index is 11.2. The van der Waals surface area contributed by atoms with E-state index < -0.39 is 40.6 Å². The van der Waals surface area contributed by atoms with Gasteiger partial charge in [-0.2, -0.15) is 8.42 Å². The molecule has 1 saturated heterocycles. The molecule has 0 unspecified atom stereocenters. The molecule has 20 heavy (non-hydrogen) atoms. The molecule has 1 rings (SSSR count). The zero-order valence-electron chi connectivity index (χ0n) is 11.2. The van der Waals surface area contributed by atoms with Crippen LogP contribution in [0.3, 0.4) is 0 Å². The fourth-order valence-electron chi connectivity index (χ4n) is 1.64. The topological polar surface area (TPSA) is 114 Å². The fourth-order valence-corrected chi connectivity index (χ4v) is 2.29. The quantitative estimate of drug-likeness (QED) is 0.487. The summed E-state index contributed by atoms with van der Waals surface area (Å²) >= 11 is 0. The van der Waals surface area contributed by atoms with Crippen molar-refractivity contribution < 1.29 is 41.1 Å². The molecule has 0 saturated carbocycles. The van der Waals surface area contributed by atoms with E-state index in [0.29, 0.717) is 0 Å². The van der Waals surface area contributed by atoms with Gasteiger partial charge in [-0.1, -0.05) is 0 Å². The third-order valence-corrected chi connectivity index (χ3v) is 2.91. The van der Waals surface area contributed by atoms with Gasteiger partial charge in [-0.3, -0.25) is 8.98 Å². The maximum atomic E-state index is 11.2. The van der Waals surface area contributed by atoms with Crippen LogP contribution in [0.15, 0.2) is 0 Å². The number of esters is 1. The maximum Gasteiger partial charge on any atom is 0.508 e. The number of methoxy groups -OCH3 is 1. The number of ether oxygens (including phenoxy) is 4. The van der Waals surface area contributed by atoms with E-state index in [1.165, 1.54) is 6.92 Å². The summed E-state index contributed by atoms with van der Waals surface area (Å²) in [5.41, 5.74) is 0. The highest BCUT2D eigenvalue weighted by atomic mass is 32.2. The van der Waals surface area contributed by atoms with Crippen LogP contribution in [0, 0.1) is 0 Å². The van der Waals surface area contributed by atoms with E-state index in [4.69, 9.17) is 13.7 Å². The van der Waals surface area contributed by atoms with Crippen molar-refractivity contribution in [2.75, 3.05) is 26.6 Å². The molecule has 0 aliphatic carbocycles. The second-order valence-electron chi connectivity index (χ2n) is 4.05. The van der Waals surface area contributed by atoms with Gasteiger partial charge in [0.25, 0.3) is 10.1 Å². The van der Waals surface area contributed by atoms with Gasteiger partial charge in [0, 0.05) is 6.92 Å². The van der Waals surface area contributed by atoms with Crippen LogP contribution in [0.5, 0.6) is 0 Å². The Bertz CT molecular complexity index is 457. The average Bonchev–Trinajstić information content (AvgIpc) is 2.66. The van der Waals surface area contributed by atoms with E-state index >= 15 is 0 Å². The molecule has 0 aromatic heterocycles. The first-order valence-electron chi connectivity index (χ1n) is 5.60. The monoisotopic (exact) mass is 312 g/mol. The summed E-state index contributed by atoms with van der Waals surface area (Å²) in [6, 6.07) is 0. The van der Waals surface area contributed by atoms with E-state index in [1.54, 1.807) is 0 Å². The van der Waals surface area contributed by atoms with Crippen molar-refractivity contribution in [1.82, 2.24) is 0 Å². The molecule has 9 nitrogen and oxygen atoms in total. The molecule has 116 valence electrons. The molecule has 0 aromatic rings. The van der Waals surface area contributed by atoms with Crippen molar-refractivity contribution in [2.24, 2.45) is 0 Å². The van der Waals surface area contributed by atoms with E-state index in [1.807, 2.05) is 0 Å². The van der Waals surface area contributed by atoms with Crippen LogP contribution in [-0.2, 0) is 38.0 Å². The Kier molecular flexibility index (Phi) is 5.72. The minimum Gasteiger partial charge on any atom is -0.457 e. The predicted octanol–water partition coefficient (Wildman–Crippen LogP) is -0.555. The summed E-state index contributed by atoms with van der Waals surface area (Å²) in [6.45, 7) is 0.829. The third-order valence-electron chi connectivity index (χ3n) is 2.34. The van der Waals surface area contributed by atoms with Gasteiger partial charge in [-0.25, -0.2) is 4.79 Å². The number of hydrogen-bond acceptors (Lipinski definition) is 9. The van der Waals surface area contributed by atoms with Crippen LogP contribution in [0.4, 0.5) is 4.79 Å². The van der Waals surface area contributed by atoms with Crippen molar-refractivity contribution in [3.05, 3.63) is 0 Å². The van der Waals surface area contributed by atoms with E-state index in [9.17, 15) is 18.0 Å². The highest BCUT2D eigenvalue weighted by Crippen LogP contribution is 2.23. The Labute approximate surface area is 116 Å². The Morgan fingerprint density at radius 2 is 2.00 bits per heavy atom. The van der Waals surface area contributed by atoms with Crippen molar-refractivity contribution in [3.63, 3.8) is 0 Å². The molecule has 0 bridgehead atoms. The predicted molar refractivity (Wildman–Crippen MR) is 63.4 cm³/mol.